The number of ether oxygens (including phenoxy) is 7. The first-order valence-electron chi connectivity index (χ1n) is 13.5. The average Bonchev–Trinajstić information content (AvgIpc) is 2.78. The summed E-state index contributed by atoms with van der Waals surface area (Å²) in [6.45, 7) is 14.4. The molecule has 0 aromatic heterocycles. The van der Waals surface area contributed by atoms with Gasteiger partial charge in [0.1, 0.15) is 26.0 Å². The second kappa shape index (κ2) is 11.7. The summed E-state index contributed by atoms with van der Waals surface area (Å²) in [5, 5.41) is 0. The number of rotatable bonds is 17. The Bertz CT molecular complexity index is 665. The van der Waals surface area contributed by atoms with Crippen LogP contribution in [0.3, 0.4) is 0 Å². The second-order valence-electron chi connectivity index (χ2n) is 11.5. The van der Waals surface area contributed by atoms with Crippen molar-refractivity contribution in [3.63, 3.8) is 0 Å². The molecular formula is C27H48O8. The molecule has 2 atom stereocenters. The molecule has 0 aromatic rings. The minimum atomic E-state index is -0.736. The van der Waals surface area contributed by atoms with Gasteiger partial charge in [-0.1, -0.05) is 20.8 Å². The minimum Gasteiger partial charge on any atom is -0.458 e. The Morgan fingerprint density at radius 1 is 0.657 bits per heavy atom. The van der Waals surface area contributed by atoms with Crippen molar-refractivity contribution in [2.24, 2.45) is 5.41 Å². The van der Waals surface area contributed by atoms with E-state index in [0.717, 1.165) is 12.8 Å². The quantitative estimate of drug-likeness (QED) is 0.155. The summed E-state index contributed by atoms with van der Waals surface area (Å²) in [6.07, 6.45) is 6.47. The van der Waals surface area contributed by atoms with Gasteiger partial charge in [0, 0.05) is 58.3 Å². The van der Waals surface area contributed by atoms with Gasteiger partial charge in [-0.2, -0.15) is 0 Å². The molecule has 0 aromatic carbocycles. The first kappa shape index (κ1) is 28.8. The molecular weight excluding hydrogens is 452 g/mol. The molecule has 2 unspecified atom stereocenters. The topological polar surface area (TPSA) is 81.7 Å². The smallest absolute Gasteiger partial charge is 0.312 e. The van der Waals surface area contributed by atoms with Crippen LogP contribution in [0, 0.1) is 5.41 Å². The van der Waals surface area contributed by atoms with Gasteiger partial charge in [0.25, 0.3) is 0 Å². The third-order valence-electron chi connectivity index (χ3n) is 7.86. The van der Waals surface area contributed by atoms with Crippen molar-refractivity contribution in [1.29, 1.82) is 0 Å². The van der Waals surface area contributed by atoms with Crippen LogP contribution in [0.4, 0.5) is 0 Å². The summed E-state index contributed by atoms with van der Waals surface area (Å²) >= 11 is 0. The second-order valence-corrected chi connectivity index (χ2v) is 11.5. The van der Waals surface area contributed by atoms with Crippen LogP contribution in [0.15, 0.2) is 0 Å². The Balaban J connectivity index is 1.92. The van der Waals surface area contributed by atoms with E-state index in [9.17, 15) is 4.79 Å². The summed E-state index contributed by atoms with van der Waals surface area (Å²) in [4.78, 5) is 13.3. The molecule has 0 saturated heterocycles. The highest BCUT2D eigenvalue weighted by Crippen LogP contribution is 2.65. The van der Waals surface area contributed by atoms with Gasteiger partial charge in [-0.3, -0.25) is 4.79 Å². The molecule has 8 nitrogen and oxygen atoms in total. The van der Waals surface area contributed by atoms with Gasteiger partial charge >= 0.3 is 5.97 Å². The van der Waals surface area contributed by atoms with Crippen molar-refractivity contribution >= 4 is 5.97 Å². The number of esters is 1. The zero-order chi connectivity index (χ0) is 25.6. The molecule has 4 saturated carbocycles. The van der Waals surface area contributed by atoms with Gasteiger partial charge in [0.05, 0.1) is 22.2 Å². The lowest BCUT2D eigenvalue weighted by atomic mass is 9.48. The highest BCUT2D eigenvalue weighted by atomic mass is 16.7. The van der Waals surface area contributed by atoms with E-state index in [1.54, 1.807) is 0 Å². The molecule has 0 radical (unpaired) electrons. The van der Waals surface area contributed by atoms with E-state index in [-0.39, 0.29) is 26.3 Å². The van der Waals surface area contributed by atoms with Crippen molar-refractivity contribution in [3.8, 4) is 0 Å². The lowest BCUT2D eigenvalue weighted by molar-refractivity contribution is -0.352. The maximum Gasteiger partial charge on any atom is 0.312 e. The molecule has 0 spiro atoms. The maximum absolute atomic E-state index is 13.3. The summed E-state index contributed by atoms with van der Waals surface area (Å²) in [6, 6.07) is 0. The standard InChI is InChI=1S/C27H48O8/c1-7-11-30-20-33-25-13-24(32-19-29-10-4)14-26(15-25,34-21-31-12-8-2)18-27(16-24,17-25)35-22(28)23(5,6)9-3/h7-21H2,1-6H3. The van der Waals surface area contributed by atoms with Crippen molar-refractivity contribution in [3.05, 3.63) is 0 Å². The van der Waals surface area contributed by atoms with Crippen molar-refractivity contribution in [1.82, 2.24) is 0 Å². The molecule has 0 amide bonds. The van der Waals surface area contributed by atoms with Crippen LogP contribution in [0.25, 0.3) is 0 Å². The van der Waals surface area contributed by atoms with E-state index < -0.39 is 27.8 Å². The Morgan fingerprint density at radius 2 is 1.06 bits per heavy atom. The third kappa shape index (κ3) is 6.76. The molecule has 0 N–H and O–H groups in total. The summed E-state index contributed by atoms with van der Waals surface area (Å²) in [5.41, 5.74) is -3.03. The third-order valence-corrected chi connectivity index (χ3v) is 7.86. The molecule has 204 valence electrons. The van der Waals surface area contributed by atoms with Gasteiger partial charge in [-0.15, -0.1) is 0 Å². The largest absolute Gasteiger partial charge is 0.458 e. The molecule has 0 aliphatic heterocycles. The number of carbonyl (C=O) groups is 1. The first-order chi connectivity index (χ1) is 16.6. The molecule has 4 bridgehead atoms. The molecule has 8 heteroatoms. The van der Waals surface area contributed by atoms with Gasteiger partial charge in [-0.25, -0.2) is 0 Å². The molecule has 0 heterocycles. The molecule has 4 aliphatic rings. The fourth-order valence-corrected chi connectivity index (χ4v) is 6.31. The van der Waals surface area contributed by atoms with E-state index in [4.69, 9.17) is 33.2 Å². The average molecular weight is 501 g/mol. The fraction of sp³-hybridized carbons (Fsp3) is 0.963. The number of hydrogen-bond donors (Lipinski definition) is 0. The Hall–Kier alpha value is -0.770. The van der Waals surface area contributed by atoms with Crippen molar-refractivity contribution < 1.29 is 38.0 Å². The lowest BCUT2D eigenvalue weighted by Crippen LogP contribution is -2.74. The predicted molar refractivity (Wildman–Crippen MR) is 131 cm³/mol. The van der Waals surface area contributed by atoms with Crippen molar-refractivity contribution in [2.45, 2.75) is 122 Å². The van der Waals surface area contributed by atoms with Gasteiger partial charge in [-0.05, 0) is 40.0 Å². The van der Waals surface area contributed by atoms with E-state index in [1.807, 2.05) is 27.7 Å². The highest BCUT2D eigenvalue weighted by molar-refractivity contribution is 5.76. The zero-order valence-corrected chi connectivity index (χ0v) is 22.9. The van der Waals surface area contributed by atoms with E-state index in [0.29, 0.717) is 64.8 Å². The van der Waals surface area contributed by atoms with E-state index >= 15 is 0 Å². The molecule has 4 rings (SSSR count). The van der Waals surface area contributed by atoms with Crippen LogP contribution in [-0.4, -0.2) is 68.6 Å². The lowest BCUT2D eigenvalue weighted by Gasteiger charge is -2.68. The number of hydrogen-bond acceptors (Lipinski definition) is 8. The van der Waals surface area contributed by atoms with Crippen molar-refractivity contribution in [2.75, 3.05) is 40.2 Å². The zero-order valence-electron chi connectivity index (χ0n) is 22.9. The van der Waals surface area contributed by atoms with Crippen LogP contribution in [0.1, 0.15) is 99.3 Å². The molecule has 4 aliphatic carbocycles. The van der Waals surface area contributed by atoms with Crippen LogP contribution < -0.4 is 0 Å². The van der Waals surface area contributed by atoms with Crippen LogP contribution >= 0.6 is 0 Å². The normalized spacial score (nSPS) is 33.9. The molecule has 35 heavy (non-hydrogen) atoms. The van der Waals surface area contributed by atoms with Gasteiger partial charge in [0.15, 0.2) is 0 Å². The first-order valence-corrected chi connectivity index (χ1v) is 13.5. The minimum absolute atomic E-state index is 0.184. The highest BCUT2D eigenvalue weighted by Gasteiger charge is 2.72. The van der Waals surface area contributed by atoms with Crippen LogP contribution in [-0.2, 0) is 38.0 Å². The van der Waals surface area contributed by atoms with Gasteiger partial charge in [0.2, 0.25) is 0 Å². The van der Waals surface area contributed by atoms with E-state index in [1.165, 1.54) is 0 Å². The van der Waals surface area contributed by atoms with Gasteiger partial charge < -0.3 is 33.2 Å². The van der Waals surface area contributed by atoms with E-state index in [2.05, 4.69) is 13.8 Å². The molecule has 4 fully saturated rings. The fourth-order valence-electron chi connectivity index (χ4n) is 6.31. The van der Waals surface area contributed by atoms with Crippen LogP contribution in [0.2, 0.25) is 0 Å². The Kier molecular flexibility index (Phi) is 9.66. The SMILES string of the molecule is CCCOCOC12CC3(OCOCC)CC(OCOCCC)(C1)CC(OC(=O)C(C)(C)CC)(C3)C2. The monoisotopic (exact) mass is 500 g/mol. The summed E-state index contributed by atoms with van der Waals surface area (Å²) < 4.78 is 42.9. The maximum atomic E-state index is 13.3. The Labute approximate surface area is 211 Å². The predicted octanol–water partition coefficient (Wildman–Crippen LogP) is 5.11. The summed E-state index contributed by atoms with van der Waals surface area (Å²) in [7, 11) is 0. The Morgan fingerprint density at radius 3 is 1.43 bits per heavy atom. The van der Waals surface area contributed by atoms with Crippen LogP contribution in [0.5, 0.6) is 0 Å². The summed E-state index contributed by atoms with van der Waals surface area (Å²) in [5.74, 6) is -0.184. The number of carbonyl (C=O) groups excluding carboxylic acids is 1.